The molecule has 1 amide bonds. The van der Waals surface area contributed by atoms with E-state index >= 15 is 0 Å². The van der Waals surface area contributed by atoms with Crippen LogP contribution in [0.1, 0.15) is 28.9 Å². The predicted octanol–water partition coefficient (Wildman–Crippen LogP) is 2.08. The van der Waals surface area contributed by atoms with Crippen LogP contribution in [-0.2, 0) is 0 Å². The number of aromatic nitrogens is 1. The molecule has 0 aliphatic heterocycles. The molecule has 1 heterocycles. The van der Waals surface area contributed by atoms with Gasteiger partial charge in [0, 0.05) is 36.4 Å². The summed E-state index contributed by atoms with van der Waals surface area (Å²) in [6, 6.07) is 8.62. The van der Waals surface area contributed by atoms with Crippen molar-refractivity contribution in [3.63, 3.8) is 0 Å². The largest absolute Gasteiger partial charge is 0.399 e. The summed E-state index contributed by atoms with van der Waals surface area (Å²) in [6.07, 6.45) is 3.42. The number of benzene rings is 1. The van der Waals surface area contributed by atoms with E-state index in [-0.39, 0.29) is 11.9 Å². The fourth-order valence-corrected chi connectivity index (χ4v) is 2.05. The van der Waals surface area contributed by atoms with Crippen LogP contribution in [0.5, 0.6) is 0 Å². The van der Waals surface area contributed by atoms with Crippen molar-refractivity contribution in [3.8, 4) is 0 Å². The molecule has 0 saturated heterocycles. The van der Waals surface area contributed by atoms with Crippen molar-refractivity contribution < 1.29 is 4.79 Å². The van der Waals surface area contributed by atoms with Crippen LogP contribution in [-0.4, -0.2) is 22.8 Å². The fraction of sp³-hybridized carbons (Fsp3) is 0.200. The van der Waals surface area contributed by atoms with Gasteiger partial charge in [0.05, 0.1) is 6.04 Å². The average molecular weight is 270 g/mol. The summed E-state index contributed by atoms with van der Waals surface area (Å²) in [6.45, 7) is 1.96. The van der Waals surface area contributed by atoms with Crippen LogP contribution >= 0.6 is 0 Å². The Morgan fingerprint density at radius 2 is 1.70 bits per heavy atom. The monoisotopic (exact) mass is 270 g/mol. The molecule has 0 spiro atoms. The second-order valence-corrected chi connectivity index (χ2v) is 4.76. The molecule has 4 N–H and O–H groups in total. The van der Waals surface area contributed by atoms with Gasteiger partial charge in [-0.05, 0) is 42.8 Å². The molecule has 2 rings (SSSR count). The molecule has 1 unspecified atom stereocenters. The molecule has 20 heavy (non-hydrogen) atoms. The summed E-state index contributed by atoms with van der Waals surface area (Å²) in [4.78, 5) is 18.1. The molecule has 0 aliphatic carbocycles. The van der Waals surface area contributed by atoms with Gasteiger partial charge in [-0.25, -0.2) is 0 Å². The van der Waals surface area contributed by atoms with Crippen LogP contribution in [0.15, 0.2) is 42.7 Å². The number of nitrogens with two attached hydrogens (primary N) is 2. The lowest BCUT2D eigenvalue weighted by Crippen LogP contribution is -2.29. The van der Waals surface area contributed by atoms with E-state index in [0.29, 0.717) is 16.9 Å². The minimum Gasteiger partial charge on any atom is -0.399 e. The highest BCUT2D eigenvalue weighted by molar-refractivity contribution is 5.96. The highest BCUT2D eigenvalue weighted by Crippen LogP contribution is 2.22. The van der Waals surface area contributed by atoms with E-state index in [0.717, 1.165) is 5.56 Å². The van der Waals surface area contributed by atoms with Gasteiger partial charge in [-0.3, -0.25) is 9.78 Å². The number of hydrogen-bond donors (Lipinski definition) is 2. The van der Waals surface area contributed by atoms with Crippen LogP contribution in [0.25, 0.3) is 0 Å². The topological polar surface area (TPSA) is 85.2 Å². The first-order chi connectivity index (χ1) is 9.49. The number of nitrogen functional groups attached to an aromatic ring is 2. The Kier molecular flexibility index (Phi) is 3.89. The van der Waals surface area contributed by atoms with Crippen molar-refractivity contribution in [3.05, 3.63) is 53.9 Å². The maximum Gasteiger partial charge on any atom is 0.254 e. The molecular formula is C15H18N4O. The first kappa shape index (κ1) is 13.9. The Morgan fingerprint density at radius 1 is 1.15 bits per heavy atom. The highest BCUT2D eigenvalue weighted by Gasteiger charge is 2.19. The van der Waals surface area contributed by atoms with E-state index < -0.39 is 0 Å². The zero-order valence-electron chi connectivity index (χ0n) is 11.6. The average Bonchev–Trinajstić information content (AvgIpc) is 2.45. The molecule has 0 fully saturated rings. The summed E-state index contributed by atoms with van der Waals surface area (Å²) in [5.74, 6) is -0.117. The van der Waals surface area contributed by atoms with E-state index in [9.17, 15) is 4.79 Å². The molecule has 1 aromatic carbocycles. The van der Waals surface area contributed by atoms with Crippen LogP contribution in [0.4, 0.5) is 11.4 Å². The van der Waals surface area contributed by atoms with Crippen LogP contribution in [0.3, 0.4) is 0 Å². The van der Waals surface area contributed by atoms with Gasteiger partial charge in [0.1, 0.15) is 0 Å². The zero-order chi connectivity index (χ0) is 14.7. The van der Waals surface area contributed by atoms with Crippen LogP contribution < -0.4 is 11.5 Å². The first-order valence-corrected chi connectivity index (χ1v) is 6.32. The minimum atomic E-state index is -0.117. The third-order valence-corrected chi connectivity index (χ3v) is 3.31. The van der Waals surface area contributed by atoms with Gasteiger partial charge in [0.25, 0.3) is 5.91 Å². The van der Waals surface area contributed by atoms with Crippen molar-refractivity contribution >= 4 is 17.3 Å². The fourth-order valence-electron chi connectivity index (χ4n) is 2.05. The van der Waals surface area contributed by atoms with E-state index in [2.05, 4.69) is 4.98 Å². The Bertz CT molecular complexity index is 592. The molecule has 5 nitrogen and oxygen atoms in total. The second kappa shape index (κ2) is 5.61. The Labute approximate surface area is 118 Å². The number of hydrogen-bond acceptors (Lipinski definition) is 4. The standard InChI is InChI=1S/C15H18N4O/c1-10(11-3-5-18-6-4-11)19(2)15(20)12-7-13(16)9-14(17)8-12/h3-10H,16-17H2,1-2H3. The van der Waals surface area contributed by atoms with E-state index in [1.165, 1.54) is 0 Å². The van der Waals surface area contributed by atoms with Crippen molar-refractivity contribution in [2.75, 3.05) is 18.5 Å². The van der Waals surface area contributed by atoms with Gasteiger partial charge in [-0.1, -0.05) is 0 Å². The minimum absolute atomic E-state index is 0.0619. The lowest BCUT2D eigenvalue weighted by Gasteiger charge is -2.25. The number of carbonyl (C=O) groups excluding carboxylic acids is 1. The van der Waals surface area contributed by atoms with Gasteiger partial charge in [-0.15, -0.1) is 0 Å². The van der Waals surface area contributed by atoms with E-state index in [4.69, 9.17) is 11.5 Å². The molecule has 1 aromatic heterocycles. The van der Waals surface area contributed by atoms with Crippen molar-refractivity contribution in [1.29, 1.82) is 0 Å². The van der Waals surface area contributed by atoms with Crippen molar-refractivity contribution in [1.82, 2.24) is 9.88 Å². The van der Waals surface area contributed by atoms with Crippen molar-refractivity contribution in [2.24, 2.45) is 0 Å². The molecule has 104 valence electrons. The van der Waals surface area contributed by atoms with Gasteiger partial charge in [-0.2, -0.15) is 0 Å². The number of rotatable bonds is 3. The summed E-state index contributed by atoms with van der Waals surface area (Å²) < 4.78 is 0. The molecule has 5 heteroatoms. The molecule has 0 radical (unpaired) electrons. The number of carbonyl (C=O) groups is 1. The Morgan fingerprint density at radius 3 is 2.25 bits per heavy atom. The Hall–Kier alpha value is -2.56. The summed E-state index contributed by atoms with van der Waals surface area (Å²) in [7, 11) is 1.76. The third kappa shape index (κ3) is 2.88. The molecule has 0 bridgehead atoms. The number of nitrogens with zero attached hydrogens (tertiary/aromatic N) is 2. The van der Waals surface area contributed by atoms with Crippen molar-refractivity contribution in [2.45, 2.75) is 13.0 Å². The van der Waals surface area contributed by atoms with Crippen LogP contribution in [0, 0.1) is 0 Å². The normalized spacial score (nSPS) is 11.9. The molecular weight excluding hydrogens is 252 g/mol. The maximum atomic E-state index is 12.5. The molecule has 1 atom stereocenters. The smallest absolute Gasteiger partial charge is 0.254 e. The number of anilines is 2. The summed E-state index contributed by atoms with van der Waals surface area (Å²) >= 11 is 0. The zero-order valence-corrected chi connectivity index (χ0v) is 11.6. The lowest BCUT2D eigenvalue weighted by molar-refractivity contribution is 0.0742. The molecule has 0 saturated carbocycles. The summed E-state index contributed by atoms with van der Waals surface area (Å²) in [5, 5.41) is 0. The number of amides is 1. The number of pyridine rings is 1. The van der Waals surface area contributed by atoms with E-state index in [1.807, 2.05) is 19.1 Å². The summed E-state index contributed by atoms with van der Waals surface area (Å²) in [5.41, 5.74) is 13.9. The predicted molar refractivity (Wildman–Crippen MR) is 80.0 cm³/mol. The Balaban J connectivity index is 2.24. The van der Waals surface area contributed by atoms with Gasteiger partial charge in [0.2, 0.25) is 0 Å². The quantitative estimate of drug-likeness (QED) is 0.836. The first-order valence-electron chi connectivity index (χ1n) is 6.32. The van der Waals surface area contributed by atoms with E-state index in [1.54, 1.807) is 42.5 Å². The van der Waals surface area contributed by atoms with Gasteiger partial charge < -0.3 is 16.4 Å². The second-order valence-electron chi connectivity index (χ2n) is 4.76. The lowest BCUT2D eigenvalue weighted by atomic mass is 10.1. The highest BCUT2D eigenvalue weighted by atomic mass is 16.2. The van der Waals surface area contributed by atoms with Gasteiger partial charge in [0.15, 0.2) is 0 Å². The third-order valence-electron chi connectivity index (χ3n) is 3.31. The van der Waals surface area contributed by atoms with Gasteiger partial charge >= 0.3 is 0 Å². The molecule has 0 aliphatic rings. The maximum absolute atomic E-state index is 12.5. The SMILES string of the molecule is CC(c1ccncc1)N(C)C(=O)c1cc(N)cc(N)c1. The molecule has 2 aromatic rings. The van der Waals surface area contributed by atoms with Crippen LogP contribution in [0.2, 0.25) is 0 Å².